The van der Waals surface area contributed by atoms with Crippen molar-refractivity contribution < 1.29 is 39.3 Å². The lowest BCUT2D eigenvalue weighted by atomic mass is 10.0. The molecule has 16 heteroatoms. The molecule has 0 aromatic heterocycles. The highest BCUT2D eigenvalue weighted by molar-refractivity contribution is 6.31. The minimum Gasteiger partial charge on any atom is -0.513 e. The number of hydrogen-bond donors (Lipinski definition) is 3. The number of amides is 4. The molecule has 0 spiro atoms. The first-order valence-electron chi connectivity index (χ1n) is 24.0. The van der Waals surface area contributed by atoms with E-state index in [9.17, 15) is 24.0 Å². The predicted molar refractivity (Wildman–Crippen MR) is 304 cm³/mol. The van der Waals surface area contributed by atoms with E-state index in [4.69, 9.17) is 61.7 Å². The molecule has 0 aliphatic rings. The number of anilines is 4. The van der Waals surface area contributed by atoms with Crippen LogP contribution in [0.4, 0.5) is 22.7 Å². The minimum atomic E-state index is -0.293. The smallest absolute Gasteiger partial charge is 0.230 e. The highest BCUT2D eigenvalue weighted by Gasteiger charge is 2.23. The Labute approximate surface area is 453 Å². The molecule has 0 bridgehead atoms. The molecule has 4 aromatic rings. The van der Waals surface area contributed by atoms with Crippen LogP contribution in [0.15, 0.2) is 134 Å². The second-order valence-corrected chi connectivity index (χ2v) is 19.7. The molecular weight excluding hydrogens is 1010 g/mol. The van der Waals surface area contributed by atoms with Gasteiger partial charge in [-0.2, -0.15) is 0 Å². The molecule has 3 N–H and O–H groups in total. The zero-order valence-corrected chi connectivity index (χ0v) is 46.7. The van der Waals surface area contributed by atoms with Gasteiger partial charge in [0.25, 0.3) is 0 Å². The van der Waals surface area contributed by atoms with E-state index < -0.39 is 0 Å². The number of carbonyl (C=O) groups excluding carboxylic acids is 5. The summed E-state index contributed by atoms with van der Waals surface area (Å²) in [7, 11) is 3.46. The largest absolute Gasteiger partial charge is 0.513 e. The molecule has 73 heavy (non-hydrogen) atoms. The Balaban J connectivity index is 0.000000487. The summed E-state index contributed by atoms with van der Waals surface area (Å²) in [5, 5.41) is 29.8. The molecule has 4 amide bonds. The van der Waals surface area contributed by atoms with E-state index in [0.717, 1.165) is 22.7 Å². The molecule has 12 nitrogen and oxygen atoms in total. The number of benzene rings is 4. The average molecular weight is 1090 g/mol. The third kappa shape index (κ3) is 25.6. The van der Waals surface area contributed by atoms with E-state index in [1.165, 1.54) is 6.92 Å². The lowest BCUT2D eigenvalue weighted by Gasteiger charge is -2.24. The maximum Gasteiger partial charge on any atom is 0.230 e. The maximum atomic E-state index is 12.2. The molecule has 0 aliphatic heterocycles. The third-order valence-electron chi connectivity index (χ3n) is 11.1. The van der Waals surface area contributed by atoms with Gasteiger partial charge in [-0.1, -0.05) is 93.8 Å². The minimum absolute atomic E-state index is 0.00562. The summed E-state index contributed by atoms with van der Waals surface area (Å²) in [6.45, 7) is 24.3. The monoisotopic (exact) mass is 1080 g/mol. The van der Waals surface area contributed by atoms with Crippen molar-refractivity contribution in [1.82, 2.24) is 0 Å². The zero-order chi connectivity index (χ0) is 55.5. The summed E-state index contributed by atoms with van der Waals surface area (Å²) < 4.78 is 0. The number of carbonyl (C=O) groups is 5. The highest BCUT2D eigenvalue weighted by Crippen LogP contribution is 2.25. The maximum absolute atomic E-state index is 12.2. The number of hydrogen-bond acceptors (Lipinski definition) is 8. The van der Waals surface area contributed by atoms with Gasteiger partial charge in [-0.15, -0.1) is 0 Å². The van der Waals surface area contributed by atoms with Crippen LogP contribution >= 0.6 is 46.4 Å². The summed E-state index contributed by atoms with van der Waals surface area (Å²) >= 11 is 23.3. The molecule has 0 saturated heterocycles. The molecule has 4 unspecified atom stereocenters. The van der Waals surface area contributed by atoms with Crippen molar-refractivity contribution in [3.63, 3.8) is 0 Å². The quantitative estimate of drug-likeness (QED) is 0.0696. The zero-order valence-electron chi connectivity index (χ0n) is 43.7. The summed E-state index contributed by atoms with van der Waals surface area (Å²) in [6, 6.07) is 28.5. The Kier molecular flexibility index (Phi) is 30.2. The summed E-state index contributed by atoms with van der Waals surface area (Å²) in [4.78, 5) is 66.2. The van der Waals surface area contributed by atoms with Crippen LogP contribution in [-0.4, -0.2) is 71.9 Å². The van der Waals surface area contributed by atoms with Crippen molar-refractivity contribution in [3.8, 4) is 0 Å². The summed E-state index contributed by atoms with van der Waals surface area (Å²) in [5.74, 6) is 0.105. The van der Waals surface area contributed by atoms with Gasteiger partial charge < -0.3 is 39.7 Å². The first-order valence-corrected chi connectivity index (χ1v) is 25.5. The van der Waals surface area contributed by atoms with Gasteiger partial charge in [0.15, 0.2) is 0 Å². The number of allylic oxidation sites excluding steroid dienone is 3. The molecule has 0 aliphatic carbocycles. The van der Waals surface area contributed by atoms with Crippen LogP contribution in [0.1, 0.15) is 93.4 Å². The second-order valence-electron chi connectivity index (χ2n) is 17.9. The Morgan fingerprint density at radius 1 is 0.466 bits per heavy atom. The van der Waals surface area contributed by atoms with Crippen molar-refractivity contribution in [2.45, 2.75) is 93.4 Å². The molecular formula is C57H74Cl4N4O8. The van der Waals surface area contributed by atoms with Crippen LogP contribution in [0.5, 0.6) is 0 Å². The number of rotatable bonds is 21. The van der Waals surface area contributed by atoms with Gasteiger partial charge in [-0.05, 0) is 136 Å². The Morgan fingerprint density at radius 3 is 1.15 bits per heavy atom. The lowest BCUT2D eigenvalue weighted by Crippen LogP contribution is -2.35. The molecule has 4 aromatic carbocycles. The van der Waals surface area contributed by atoms with E-state index in [-0.39, 0.29) is 76.8 Å². The second kappa shape index (κ2) is 33.8. The Morgan fingerprint density at radius 2 is 0.808 bits per heavy atom. The molecule has 0 radical (unpaired) electrons. The number of halogens is 4. The van der Waals surface area contributed by atoms with Crippen LogP contribution in [0.3, 0.4) is 0 Å². The summed E-state index contributed by atoms with van der Waals surface area (Å²) in [6.07, 6.45) is 2.97. The van der Waals surface area contributed by atoms with Gasteiger partial charge in [-0.3, -0.25) is 19.2 Å². The Hall–Kier alpha value is -5.79. The van der Waals surface area contributed by atoms with Gasteiger partial charge in [0.2, 0.25) is 23.6 Å². The van der Waals surface area contributed by atoms with Crippen LogP contribution in [0.2, 0.25) is 20.1 Å². The first-order chi connectivity index (χ1) is 34.2. The fourth-order valence-corrected chi connectivity index (χ4v) is 7.73. The molecule has 4 atom stereocenters. The fraction of sp³-hybridized carbons (Fsp3) is 0.386. The topological polar surface area (TPSA) is 159 Å². The molecule has 0 saturated carbocycles. The first kappa shape index (κ1) is 65.2. The van der Waals surface area contributed by atoms with Crippen LogP contribution in [-0.2, 0) is 24.0 Å². The number of nitrogens with zero attached hydrogens (tertiary/aromatic N) is 4. The third-order valence-corrected chi connectivity index (χ3v) is 12.1. The van der Waals surface area contributed by atoms with E-state index >= 15 is 0 Å². The van der Waals surface area contributed by atoms with Gasteiger partial charge in [0.1, 0.15) is 5.78 Å². The van der Waals surface area contributed by atoms with Crippen LogP contribution in [0.25, 0.3) is 0 Å². The van der Waals surface area contributed by atoms with Gasteiger partial charge >= 0.3 is 0 Å². The number of ketones is 1. The predicted octanol–water partition coefficient (Wildman–Crippen LogP) is 15.1. The van der Waals surface area contributed by atoms with Crippen LogP contribution < -0.4 is 19.6 Å². The van der Waals surface area contributed by atoms with Crippen molar-refractivity contribution in [3.05, 3.63) is 154 Å². The van der Waals surface area contributed by atoms with Gasteiger partial charge in [0.05, 0.1) is 17.3 Å². The highest BCUT2D eigenvalue weighted by atomic mass is 35.5. The van der Waals surface area contributed by atoms with Crippen molar-refractivity contribution in [1.29, 1.82) is 0 Å². The lowest BCUT2D eigenvalue weighted by molar-refractivity contribution is -0.126. The van der Waals surface area contributed by atoms with Crippen molar-refractivity contribution in [2.24, 2.45) is 23.7 Å². The SMILES string of the molecule is C=C(O)CC(C)CC(=O)N(C)c1ccc(Cl)cc1.C=C(O)CC(C)CC(=O)N(CC)c1ccc(Cl)cc1.C=C(O)CCC(C)C(=O)N(C)c1ccc(Cl)cc1.CCN(C(=O)C(C)CC(C)=O)c1ccc(Cl)cc1. The molecule has 0 fully saturated rings. The average Bonchev–Trinajstić information content (AvgIpc) is 3.32. The van der Waals surface area contributed by atoms with E-state index in [1.807, 2.05) is 58.9 Å². The van der Waals surface area contributed by atoms with Crippen molar-refractivity contribution >= 4 is 98.6 Å². The van der Waals surface area contributed by atoms with Crippen LogP contribution in [0, 0.1) is 23.7 Å². The van der Waals surface area contributed by atoms with E-state index in [0.29, 0.717) is 71.7 Å². The fourth-order valence-electron chi connectivity index (χ4n) is 7.23. The Bertz CT molecular complexity index is 2400. The number of aliphatic hydroxyl groups excluding tert-OH is 3. The number of Topliss-reactive ketones (excluding diaryl/α,β-unsaturated/α-hetero) is 1. The normalized spacial score (nSPS) is 12.0. The molecule has 4 rings (SSSR count). The van der Waals surface area contributed by atoms with Gasteiger partial charge in [0, 0.05) is 120 Å². The molecule has 398 valence electrons. The summed E-state index contributed by atoms with van der Waals surface area (Å²) in [5.41, 5.74) is 3.26. The van der Waals surface area contributed by atoms with Gasteiger partial charge in [-0.25, -0.2) is 0 Å². The van der Waals surface area contributed by atoms with E-state index in [1.54, 1.807) is 113 Å². The number of aliphatic hydroxyl groups is 3. The van der Waals surface area contributed by atoms with Crippen molar-refractivity contribution in [2.75, 3.05) is 46.8 Å². The molecule has 0 heterocycles. The van der Waals surface area contributed by atoms with E-state index in [2.05, 4.69) is 19.7 Å². The standard InChI is InChI=1S/C15H20ClNO2.3C14H18ClNO2/c1-4-17(14-7-5-13(16)6-8-14)15(19)10-11(2)9-12(3)18;1-10(8-11(2)17)9-14(18)16(3)13-6-4-12(15)5-7-13;1-10(4-5-11(2)17)14(18)16(3)13-8-6-12(15)7-9-13;1-4-16(13-7-5-12(15)6-8-13)14(18)10(2)9-11(3)17/h5-8,11,18H,3-4,9-10H2,1-2H3;4-7,10,17H,2,8-9H2,1,3H3;6-10,17H,2,4-5H2,1,3H3;5-8,10H,4,9H2,1-3H3.